The zero-order chi connectivity index (χ0) is 9.84. The molecule has 0 aromatic heterocycles. The molecule has 0 aliphatic carbocycles. The summed E-state index contributed by atoms with van der Waals surface area (Å²) in [5, 5.41) is 0. The first-order valence-corrected chi connectivity index (χ1v) is 7.99. The molecule has 4 nitrogen and oxygen atoms in total. The standard InChI is InChI=1S/C8H19N3OSi/c1-13(2)7-10-3-5-11(6-4-10)8(9)12/h13H,3-7H2,1-2H3,(H2,9,12). The number of nitrogens with two attached hydrogens (primary N) is 1. The third kappa shape index (κ3) is 3.36. The third-order valence-corrected chi connectivity index (χ3v) is 3.55. The van der Waals surface area contributed by atoms with Gasteiger partial charge in [0.05, 0.1) is 0 Å². The second kappa shape index (κ2) is 4.62. The average Bonchev–Trinajstić information content (AvgIpc) is 2.04. The fourth-order valence-corrected chi connectivity index (χ4v) is 3.07. The summed E-state index contributed by atoms with van der Waals surface area (Å²) >= 11 is 0. The molecule has 13 heavy (non-hydrogen) atoms. The van der Waals surface area contributed by atoms with Gasteiger partial charge < -0.3 is 15.5 Å². The number of urea groups is 1. The molecule has 1 saturated heterocycles. The number of primary amides is 1. The van der Waals surface area contributed by atoms with E-state index in [1.807, 2.05) is 0 Å². The zero-order valence-electron chi connectivity index (χ0n) is 8.49. The van der Waals surface area contributed by atoms with Crippen LogP contribution in [0.5, 0.6) is 0 Å². The van der Waals surface area contributed by atoms with Gasteiger partial charge in [0.2, 0.25) is 0 Å². The van der Waals surface area contributed by atoms with E-state index in [1.165, 1.54) is 6.17 Å². The minimum atomic E-state index is -0.497. The molecule has 1 heterocycles. The lowest BCUT2D eigenvalue weighted by atomic mass is 10.3. The van der Waals surface area contributed by atoms with Gasteiger partial charge in [-0.1, -0.05) is 13.1 Å². The van der Waals surface area contributed by atoms with Gasteiger partial charge in [-0.3, -0.25) is 0 Å². The van der Waals surface area contributed by atoms with Gasteiger partial charge in [0.25, 0.3) is 0 Å². The molecule has 2 amide bonds. The Balaban J connectivity index is 2.26. The molecule has 0 aromatic carbocycles. The van der Waals surface area contributed by atoms with Crippen LogP contribution in [-0.4, -0.2) is 57.0 Å². The number of hydrogen-bond donors (Lipinski definition) is 1. The van der Waals surface area contributed by atoms with Crippen LogP contribution in [0.3, 0.4) is 0 Å². The van der Waals surface area contributed by atoms with Crippen molar-refractivity contribution in [1.82, 2.24) is 9.80 Å². The lowest BCUT2D eigenvalue weighted by Gasteiger charge is -2.34. The highest BCUT2D eigenvalue weighted by molar-refractivity contribution is 6.55. The molecule has 0 aromatic rings. The van der Waals surface area contributed by atoms with Crippen LogP contribution in [0.1, 0.15) is 0 Å². The predicted octanol–water partition coefficient (Wildman–Crippen LogP) is -0.291. The van der Waals surface area contributed by atoms with Gasteiger partial charge in [-0.15, -0.1) is 0 Å². The minimum absolute atomic E-state index is 0.276. The Morgan fingerprint density at radius 1 is 1.31 bits per heavy atom. The molecule has 0 unspecified atom stereocenters. The maximum absolute atomic E-state index is 10.8. The van der Waals surface area contributed by atoms with Crippen LogP contribution in [0.25, 0.3) is 0 Å². The van der Waals surface area contributed by atoms with Crippen molar-refractivity contribution in [1.29, 1.82) is 0 Å². The maximum Gasteiger partial charge on any atom is 0.314 e. The van der Waals surface area contributed by atoms with E-state index in [-0.39, 0.29) is 6.03 Å². The third-order valence-electron chi connectivity index (χ3n) is 2.31. The molecule has 1 aliphatic heterocycles. The normalized spacial score (nSPS) is 19.5. The molecule has 0 radical (unpaired) electrons. The summed E-state index contributed by atoms with van der Waals surface area (Å²) in [5.74, 6) is 0. The highest BCUT2D eigenvalue weighted by atomic mass is 28.3. The Bertz CT molecular complexity index is 178. The monoisotopic (exact) mass is 201 g/mol. The van der Waals surface area contributed by atoms with Gasteiger partial charge in [-0.05, 0) is 6.17 Å². The van der Waals surface area contributed by atoms with Crippen LogP contribution in [-0.2, 0) is 0 Å². The van der Waals surface area contributed by atoms with Crippen LogP contribution in [0, 0.1) is 0 Å². The second-order valence-electron chi connectivity index (χ2n) is 4.02. The van der Waals surface area contributed by atoms with Crippen LogP contribution in [0.4, 0.5) is 4.79 Å². The number of carbonyl (C=O) groups excluding carboxylic acids is 1. The quantitative estimate of drug-likeness (QED) is 0.624. The Morgan fingerprint density at radius 3 is 2.23 bits per heavy atom. The average molecular weight is 201 g/mol. The Hall–Kier alpha value is -0.553. The van der Waals surface area contributed by atoms with Crippen molar-refractivity contribution in [2.75, 3.05) is 32.3 Å². The molecule has 0 spiro atoms. The van der Waals surface area contributed by atoms with Crippen molar-refractivity contribution < 1.29 is 4.79 Å². The van der Waals surface area contributed by atoms with Gasteiger partial charge in [-0.25, -0.2) is 4.79 Å². The van der Waals surface area contributed by atoms with E-state index in [0.29, 0.717) is 0 Å². The Morgan fingerprint density at radius 2 is 1.85 bits per heavy atom. The first kappa shape index (κ1) is 10.5. The van der Waals surface area contributed by atoms with Crippen LogP contribution >= 0.6 is 0 Å². The van der Waals surface area contributed by atoms with E-state index in [4.69, 9.17) is 5.73 Å². The summed E-state index contributed by atoms with van der Waals surface area (Å²) in [6.45, 7) is 8.29. The van der Waals surface area contributed by atoms with Gasteiger partial charge in [0.15, 0.2) is 0 Å². The number of amides is 2. The minimum Gasteiger partial charge on any atom is -0.351 e. The van der Waals surface area contributed by atoms with Gasteiger partial charge in [0, 0.05) is 35.0 Å². The van der Waals surface area contributed by atoms with E-state index >= 15 is 0 Å². The molecule has 0 atom stereocenters. The number of carbonyl (C=O) groups is 1. The summed E-state index contributed by atoms with van der Waals surface area (Å²) in [4.78, 5) is 15.0. The van der Waals surface area contributed by atoms with E-state index in [1.54, 1.807) is 4.90 Å². The van der Waals surface area contributed by atoms with Crippen molar-refractivity contribution in [3.05, 3.63) is 0 Å². The fourth-order valence-electron chi connectivity index (χ4n) is 1.67. The predicted molar refractivity (Wildman–Crippen MR) is 56.5 cm³/mol. The highest BCUT2D eigenvalue weighted by Gasteiger charge is 2.19. The molecular formula is C8H19N3OSi. The lowest BCUT2D eigenvalue weighted by molar-refractivity contribution is 0.156. The number of piperazine rings is 1. The van der Waals surface area contributed by atoms with Crippen LogP contribution in [0.15, 0.2) is 0 Å². The first-order chi connectivity index (χ1) is 6.09. The molecule has 0 saturated carbocycles. The molecule has 2 N–H and O–H groups in total. The van der Waals surface area contributed by atoms with E-state index < -0.39 is 8.80 Å². The lowest BCUT2D eigenvalue weighted by Crippen LogP contribution is -2.51. The molecule has 1 rings (SSSR count). The van der Waals surface area contributed by atoms with Crippen molar-refractivity contribution in [2.24, 2.45) is 5.73 Å². The molecule has 76 valence electrons. The smallest absolute Gasteiger partial charge is 0.314 e. The summed E-state index contributed by atoms with van der Waals surface area (Å²) in [6.07, 6.45) is 1.26. The Kier molecular flexibility index (Phi) is 3.74. The molecule has 0 bridgehead atoms. The van der Waals surface area contributed by atoms with Crippen molar-refractivity contribution >= 4 is 14.8 Å². The molecule has 1 aliphatic rings. The number of hydrogen-bond acceptors (Lipinski definition) is 2. The fraction of sp³-hybridized carbons (Fsp3) is 0.875. The van der Waals surface area contributed by atoms with Crippen molar-refractivity contribution in [3.63, 3.8) is 0 Å². The molecule has 5 heteroatoms. The number of rotatable bonds is 2. The van der Waals surface area contributed by atoms with E-state index in [2.05, 4.69) is 18.0 Å². The van der Waals surface area contributed by atoms with Crippen molar-refractivity contribution in [2.45, 2.75) is 13.1 Å². The zero-order valence-corrected chi connectivity index (χ0v) is 9.65. The summed E-state index contributed by atoms with van der Waals surface area (Å²) in [5.41, 5.74) is 5.19. The topological polar surface area (TPSA) is 49.6 Å². The molecule has 1 fully saturated rings. The maximum atomic E-state index is 10.8. The summed E-state index contributed by atoms with van der Waals surface area (Å²) in [6, 6.07) is -0.276. The summed E-state index contributed by atoms with van der Waals surface area (Å²) < 4.78 is 0. The first-order valence-electron chi connectivity index (χ1n) is 4.86. The SMILES string of the molecule is C[SiH](C)CN1CCN(C(N)=O)CC1. The highest BCUT2D eigenvalue weighted by Crippen LogP contribution is 2.01. The van der Waals surface area contributed by atoms with Crippen LogP contribution < -0.4 is 5.73 Å². The van der Waals surface area contributed by atoms with Crippen LogP contribution in [0.2, 0.25) is 13.1 Å². The number of nitrogens with zero attached hydrogens (tertiary/aromatic N) is 2. The summed E-state index contributed by atoms with van der Waals surface area (Å²) in [7, 11) is -0.497. The van der Waals surface area contributed by atoms with Gasteiger partial charge >= 0.3 is 6.03 Å². The van der Waals surface area contributed by atoms with E-state index in [0.717, 1.165) is 26.2 Å². The largest absolute Gasteiger partial charge is 0.351 e. The Labute approximate surface area is 81.3 Å². The van der Waals surface area contributed by atoms with Crippen molar-refractivity contribution in [3.8, 4) is 0 Å². The van der Waals surface area contributed by atoms with Gasteiger partial charge in [-0.2, -0.15) is 0 Å². The second-order valence-corrected chi connectivity index (χ2v) is 7.17. The van der Waals surface area contributed by atoms with E-state index in [9.17, 15) is 4.79 Å². The molecular weight excluding hydrogens is 182 g/mol. The van der Waals surface area contributed by atoms with Gasteiger partial charge in [0.1, 0.15) is 0 Å².